The van der Waals surface area contributed by atoms with E-state index in [2.05, 4.69) is 21.9 Å². The maximum atomic E-state index is 12.1. The molecule has 132 valence electrons. The minimum atomic E-state index is -0.412. The van der Waals surface area contributed by atoms with Gasteiger partial charge in [-0.1, -0.05) is 12.1 Å². The molecule has 0 spiro atoms. The standard InChI is InChI=1S/C19H29N3O2/c1-19(2,3)24-18(23)13-21-11-16-7-8-17(12-21)22(16)10-14-5-4-6-15(20)9-14/h4-6,9,16-17H,7-8,10-13,20H2,1-3H3. The topological polar surface area (TPSA) is 58.8 Å². The lowest BCUT2D eigenvalue weighted by molar-refractivity contribution is -0.157. The predicted octanol–water partition coefficient (Wildman–Crippen LogP) is 2.26. The molecule has 0 aliphatic carbocycles. The van der Waals surface area contributed by atoms with Crippen LogP contribution < -0.4 is 5.73 Å². The van der Waals surface area contributed by atoms with Crippen LogP contribution in [-0.4, -0.2) is 53.1 Å². The Morgan fingerprint density at radius 3 is 2.50 bits per heavy atom. The van der Waals surface area contributed by atoms with E-state index in [9.17, 15) is 4.79 Å². The van der Waals surface area contributed by atoms with Gasteiger partial charge >= 0.3 is 5.97 Å². The number of likely N-dealkylation sites (tertiary alicyclic amines) is 1. The van der Waals surface area contributed by atoms with Gasteiger partial charge in [-0.2, -0.15) is 0 Å². The lowest BCUT2D eigenvalue weighted by Crippen LogP contribution is -2.54. The summed E-state index contributed by atoms with van der Waals surface area (Å²) < 4.78 is 5.46. The third-order valence-corrected chi connectivity index (χ3v) is 4.80. The zero-order chi connectivity index (χ0) is 17.3. The summed E-state index contributed by atoms with van der Waals surface area (Å²) in [6.45, 7) is 8.97. The number of benzene rings is 1. The first kappa shape index (κ1) is 17.2. The number of nitrogens with zero attached hydrogens (tertiary/aromatic N) is 2. The maximum Gasteiger partial charge on any atom is 0.320 e. The van der Waals surface area contributed by atoms with E-state index < -0.39 is 5.60 Å². The van der Waals surface area contributed by atoms with Gasteiger partial charge in [-0.15, -0.1) is 0 Å². The summed E-state index contributed by atoms with van der Waals surface area (Å²) in [6.07, 6.45) is 2.41. The molecule has 2 N–H and O–H groups in total. The van der Waals surface area contributed by atoms with Crippen molar-refractivity contribution >= 4 is 11.7 Å². The zero-order valence-corrected chi connectivity index (χ0v) is 15.0. The summed E-state index contributed by atoms with van der Waals surface area (Å²) in [5.41, 5.74) is 7.58. The predicted molar refractivity (Wildman–Crippen MR) is 95.5 cm³/mol. The monoisotopic (exact) mass is 331 g/mol. The van der Waals surface area contributed by atoms with Gasteiger partial charge in [0, 0.05) is 37.4 Å². The Balaban J connectivity index is 1.57. The van der Waals surface area contributed by atoms with Gasteiger partial charge in [0.05, 0.1) is 6.54 Å². The third-order valence-electron chi connectivity index (χ3n) is 4.80. The molecular weight excluding hydrogens is 302 g/mol. The van der Waals surface area contributed by atoms with Crippen LogP contribution in [0.2, 0.25) is 0 Å². The van der Waals surface area contributed by atoms with Crippen LogP contribution in [0.1, 0.15) is 39.2 Å². The summed E-state index contributed by atoms with van der Waals surface area (Å²) in [5, 5.41) is 0. The third kappa shape index (κ3) is 4.28. The van der Waals surface area contributed by atoms with Crippen LogP contribution in [0.4, 0.5) is 5.69 Å². The molecule has 2 unspecified atom stereocenters. The highest BCUT2D eigenvalue weighted by molar-refractivity contribution is 5.72. The van der Waals surface area contributed by atoms with Crippen LogP contribution in [0.25, 0.3) is 0 Å². The average Bonchev–Trinajstić information content (AvgIpc) is 2.68. The fourth-order valence-electron chi connectivity index (χ4n) is 3.92. The highest BCUT2D eigenvalue weighted by Gasteiger charge is 2.40. The van der Waals surface area contributed by atoms with E-state index in [1.54, 1.807) is 0 Å². The molecule has 2 heterocycles. The summed E-state index contributed by atoms with van der Waals surface area (Å²) in [6, 6.07) is 9.19. The van der Waals surface area contributed by atoms with Crippen molar-refractivity contribution in [3.8, 4) is 0 Å². The molecule has 0 aromatic heterocycles. The Labute approximate surface area is 144 Å². The number of hydrogen-bond donors (Lipinski definition) is 1. The van der Waals surface area contributed by atoms with Crippen LogP contribution in [0, 0.1) is 0 Å². The molecule has 2 saturated heterocycles. The van der Waals surface area contributed by atoms with Crippen molar-refractivity contribution in [3.05, 3.63) is 29.8 Å². The van der Waals surface area contributed by atoms with Crippen molar-refractivity contribution in [2.24, 2.45) is 0 Å². The fraction of sp³-hybridized carbons (Fsp3) is 0.632. The van der Waals surface area contributed by atoms with E-state index >= 15 is 0 Å². The number of nitrogens with two attached hydrogens (primary N) is 1. The van der Waals surface area contributed by atoms with E-state index in [1.807, 2.05) is 32.9 Å². The van der Waals surface area contributed by atoms with Crippen molar-refractivity contribution in [2.75, 3.05) is 25.4 Å². The molecule has 5 nitrogen and oxygen atoms in total. The SMILES string of the molecule is CC(C)(C)OC(=O)CN1CC2CCC(C1)N2Cc1cccc(N)c1. The number of carbonyl (C=O) groups is 1. The molecule has 2 atom stereocenters. The van der Waals surface area contributed by atoms with Crippen molar-refractivity contribution in [3.63, 3.8) is 0 Å². The van der Waals surface area contributed by atoms with Gasteiger partial charge in [0.1, 0.15) is 5.60 Å². The van der Waals surface area contributed by atoms with Gasteiger partial charge in [0.2, 0.25) is 0 Å². The second-order valence-corrected chi connectivity index (χ2v) is 8.08. The van der Waals surface area contributed by atoms with Crippen LogP contribution in [0.15, 0.2) is 24.3 Å². The molecule has 2 fully saturated rings. The normalized spacial score (nSPS) is 25.0. The summed E-state index contributed by atoms with van der Waals surface area (Å²) in [4.78, 5) is 16.9. The maximum absolute atomic E-state index is 12.1. The first-order chi connectivity index (χ1) is 11.3. The van der Waals surface area contributed by atoms with Gasteiger partial charge in [-0.05, 0) is 51.3 Å². The molecule has 0 saturated carbocycles. The largest absolute Gasteiger partial charge is 0.459 e. The second-order valence-electron chi connectivity index (χ2n) is 8.08. The Hall–Kier alpha value is -1.59. The number of carbonyl (C=O) groups excluding carboxylic acids is 1. The zero-order valence-electron chi connectivity index (χ0n) is 15.0. The molecule has 3 rings (SSSR count). The van der Waals surface area contributed by atoms with Gasteiger partial charge < -0.3 is 10.5 Å². The number of fused-ring (bicyclic) bond motifs is 2. The molecule has 2 aliphatic heterocycles. The number of anilines is 1. The van der Waals surface area contributed by atoms with Gasteiger partial charge in [0.25, 0.3) is 0 Å². The smallest absolute Gasteiger partial charge is 0.320 e. The highest BCUT2D eigenvalue weighted by atomic mass is 16.6. The van der Waals surface area contributed by atoms with Crippen molar-refractivity contribution in [1.29, 1.82) is 0 Å². The van der Waals surface area contributed by atoms with E-state index in [4.69, 9.17) is 10.5 Å². The Bertz CT molecular complexity index is 583. The molecule has 0 amide bonds. The number of esters is 1. The Morgan fingerprint density at radius 2 is 1.92 bits per heavy atom. The molecule has 1 aromatic carbocycles. The first-order valence-electron chi connectivity index (χ1n) is 8.84. The van der Waals surface area contributed by atoms with Crippen molar-refractivity contribution in [2.45, 2.75) is 57.8 Å². The number of ether oxygens (including phenoxy) is 1. The van der Waals surface area contributed by atoms with Crippen LogP contribution in [-0.2, 0) is 16.1 Å². The second kappa shape index (κ2) is 6.73. The fourth-order valence-corrected chi connectivity index (χ4v) is 3.92. The van der Waals surface area contributed by atoms with Crippen LogP contribution >= 0.6 is 0 Å². The molecule has 2 aliphatic rings. The van der Waals surface area contributed by atoms with Crippen LogP contribution in [0.3, 0.4) is 0 Å². The highest BCUT2D eigenvalue weighted by Crippen LogP contribution is 2.31. The summed E-state index contributed by atoms with van der Waals surface area (Å²) >= 11 is 0. The van der Waals surface area contributed by atoms with E-state index in [-0.39, 0.29) is 5.97 Å². The molecule has 2 bridgehead atoms. The summed E-state index contributed by atoms with van der Waals surface area (Å²) in [7, 11) is 0. The van der Waals surface area contributed by atoms with E-state index in [1.165, 1.54) is 18.4 Å². The van der Waals surface area contributed by atoms with E-state index in [0.717, 1.165) is 25.3 Å². The number of nitrogen functional groups attached to an aromatic ring is 1. The molecule has 24 heavy (non-hydrogen) atoms. The minimum absolute atomic E-state index is 0.119. The Kier molecular flexibility index (Phi) is 4.83. The lowest BCUT2D eigenvalue weighted by Gasteiger charge is -2.41. The van der Waals surface area contributed by atoms with Crippen molar-refractivity contribution in [1.82, 2.24) is 9.80 Å². The van der Waals surface area contributed by atoms with Gasteiger partial charge in [-0.25, -0.2) is 0 Å². The number of rotatable bonds is 4. The Morgan fingerprint density at radius 1 is 1.25 bits per heavy atom. The lowest BCUT2D eigenvalue weighted by atomic mass is 10.1. The average molecular weight is 331 g/mol. The first-order valence-corrected chi connectivity index (χ1v) is 8.84. The number of piperazine rings is 1. The molecule has 5 heteroatoms. The molecule has 0 radical (unpaired) electrons. The molecular formula is C19H29N3O2. The van der Waals surface area contributed by atoms with E-state index in [0.29, 0.717) is 18.6 Å². The summed E-state index contributed by atoms with van der Waals surface area (Å²) in [5.74, 6) is -0.119. The minimum Gasteiger partial charge on any atom is -0.459 e. The van der Waals surface area contributed by atoms with Gasteiger partial charge in [-0.3, -0.25) is 14.6 Å². The quantitative estimate of drug-likeness (QED) is 0.677. The van der Waals surface area contributed by atoms with Gasteiger partial charge in [0.15, 0.2) is 0 Å². The molecule has 1 aromatic rings. The number of hydrogen-bond acceptors (Lipinski definition) is 5. The van der Waals surface area contributed by atoms with Crippen molar-refractivity contribution < 1.29 is 9.53 Å². The van der Waals surface area contributed by atoms with Crippen LogP contribution in [0.5, 0.6) is 0 Å².